The number of hydrogen-bond donors (Lipinski definition) is 2. The number of hydrogen-bond acceptors (Lipinski definition) is 3. The molecule has 0 atom stereocenters. The molecule has 0 radical (unpaired) electrons. The third-order valence-electron chi connectivity index (χ3n) is 2.27. The van der Waals surface area contributed by atoms with E-state index in [1.165, 1.54) is 13.2 Å². The van der Waals surface area contributed by atoms with Crippen molar-refractivity contribution in [2.45, 2.75) is 19.3 Å². The first-order chi connectivity index (χ1) is 7.20. The van der Waals surface area contributed by atoms with Gasteiger partial charge in [-0.15, -0.1) is 0 Å². The Morgan fingerprint density at radius 1 is 1.40 bits per heavy atom. The number of benzene rings is 1. The highest BCUT2D eigenvalue weighted by molar-refractivity contribution is 5.46. The van der Waals surface area contributed by atoms with Gasteiger partial charge in [0.2, 0.25) is 0 Å². The fourth-order valence-electron chi connectivity index (χ4n) is 1.44. The standard InChI is InChI=1S/C11H16FNO2/c1-15-11-9(12)6-5-8(10(11)14)4-2-3-7-13/h5-6,14H,2-4,7,13H2,1H3. The molecule has 0 heterocycles. The molecule has 0 aliphatic carbocycles. The number of ether oxygens (including phenoxy) is 1. The Balaban J connectivity index is 2.80. The van der Waals surface area contributed by atoms with Crippen molar-refractivity contribution in [1.82, 2.24) is 0 Å². The first-order valence-corrected chi connectivity index (χ1v) is 4.95. The molecule has 0 fully saturated rings. The minimum absolute atomic E-state index is 0.0831. The van der Waals surface area contributed by atoms with Gasteiger partial charge in [0.1, 0.15) is 0 Å². The Hall–Kier alpha value is -1.29. The van der Waals surface area contributed by atoms with Crippen molar-refractivity contribution >= 4 is 0 Å². The normalized spacial score (nSPS) is 10.3. The number of aryl methyl sites for hydroxylation is 1. The molecule has 84 valence electrons. The quantitative estimate of drug-likeness (QED) is 0.733. The monoisotopic (exact) mass is 213 g/mol. The Kier molecular flexibility index (Phi) is 4.37. The predicted molar refractivity (Wildman–Crippen MR) is 56.6 cm³/mol. The highest BCUT2D eigenvalue weighted by atomic mass is 19.1. The number of methoxy groups -OCH3 is 1. The van der Waals surface area contributed by atoms with Gasteiger partial charge in [0.25, 0.3) is 0 Å². The fraction of sp³-hybridized carbons (Fsp3) is 0.455. The molecule has 0 saturated carbocycles. The fourth-order valence-corrected chi connectivity index (χ4v) is 1.44. The average Bonchev–Trinajstić information content (AvgIpc) is 2.22. The zero-order chi connectivity index (χ0) is 11.3. The summed E-state index contributed by atoms with van der Waals surface area (Å²) in [7, 11) is 1.34. The molecule has 0 saturated heterocycles. The van der Waals surface area contributed by atoms with E-state index in [0.717, 1.165) is 12.8 Å². The summed E-state index contributed by atoms with van der Waals surface area (Å²) in [6.45, 7) is 0.624. The summed E-state index contributed by atoms with van der Waals surface area (Å²) in [6, 6.07) is 2.88. The molecule has 1 aromatic carbocycles. The van der Waals surface area contributed by atoms with Crippen LogP contribution in [0.25, 0.3) is 0 Å². The van der Waals surface area contributed by atoms with E-state index in [2.05, 4.69) is 0 Å². The van der Waals surface area contributed by atoms with Crippen LogP contribution in [-0.4, -0.2) is 18.8 Å². The number of aromatic hydroxyl groups is 1. The van der Waals surface area contributed by atoms with Crippen LogP contribution in [0.4, 0.5) is 4.39 Å². The van der Waals surface area contributed by atoms with Crippen LogP contribution in [0.1, 0.15) is 18.4 Å². The Bertz CT molecular complexity index is 329. The predicted octanol–water partition coefficient (Wildman–Crippen LogP) is 1.82. The second-order valence-electron chi connectivity index (χ2n) is 3.33. The van der Waals surface area contributed by atoms with Gasteiger partial charge in [-0.1, -0.05) is 6.07 Å². The van der Waals surface area contributed by atoms with Crippen molar-refractivity contribution < 1.29 is 14.2 Å². The van der Waals surface area contributed by atoms with E-state index in [1.54, 1.807) is 6.07 Å². The molecule has 4 heteroatoms. The van der Waals surface area contributed by atoms with E-state index >= 15 is 0 Å². The minimum Gasteiger partial charge on any atom is -0.504 e. The van der Waals surface area contributed by atoms with Crippen molar-refractivity contribution in [3.05, 3.63) is 23.5 Å². The molecule has 0 spiro atoms. The van der Waals surface area contributed by atoms with E-state index in [0.29, 0.717) is 18.5 Å². The zero-order valence-electron chi connectivity index (χ0n) is 8.79. The van der Waals surface area contributed by atoms with Gasteiger partial charge in [-0.05, 0) is 37.4 Å². The molecule has 0 aliphatic rings. The van der Waals surface area contributed by atoms with E-state index in [1.807, 2.05) is 0 Å². The van der Waals surface area contributed by atoms with Crippen LogP contribution in [0.3, 0.4) is 0 Å². The molecule has 0 unspecified atom stereocenters. The average molecular weight is 213 g/mol. The van der Waals surface area contributed by atoms with Gasteiger partial charge in [0, 0.05) is 0 Å². The maximum absolute atomic E-state index is 13.1. The Morgan fingerprint density at radius 3 is 2.73 bits per heavy atom. The van der Waals surface area contributed by atoms with Gasteiger partial charge in [-0.3, -0.25) is 0 Å². The second-order valence-corrected chi connectivity index (χ2v) is 3.33. The molecule has 0 amide bonds. The van der Waals surface area contributed by atoms with Crippen molar-refractivity contribution in [3.8, 4) is 11.5 Å². The van der Waals surface area contributed by atoms with Crippen LogP contribution in [0, 0.1) is 5.82 Å². The van der Waals surface area contributed by atoms with Crippen LogP contribution < -0.4 is 10.5 Å². The van der Waals surface area contributed by atoms with Crippen molar-refractivity contribution in [1.29, 1.82) is 0 Å². The number of halogens is 1. The lowest BCUT2D eigenvalue weighted by atomic mass is 10.1. The van der Waals surface area contributed by atoms with Crippen LogP contribution in [0.15, 0.2) is 12.1 Å². The first kappa shape index (κ1) is 11.8. The summed E-state index contributed by atoms with van der Waals surface area (Å²) in [5.41, 5.74) is 6.06. The molecule has 0 aromatic heterocycles. The molecule has 3 N–H and O–H groups in total. The summed E-state index contributed by atoms with van der Waals surface area (Å²) in [5, 5.41) is 9.67. The van der Waals surface area contributed by atoms with E-state index < -0.39 is 5.82 Å². The SMILES string of the molecule is COc1c(F)ccc(CCCCN)c1O. The maximum Gasteiger partial charge on any atom is 0.196 e. The van der Waals surface area contributed by atoms with Gasteiger partial charge in [-0.25, -0.2) is 4.39 Å². The molecule has 3 nitrogen and oxygen atoms in total. The third kappa shape index (κ3) is 2.83. The van der Waals surface area contributed by atoms with Gasteiger partial charge >= 0.3 is 0 Å². The lowest BCUT2D eigenvalue weighted by molar-refractivity contribution is 0.348. The van der Waals surface area contributed by atoms with Gasteiger partial charge in [-0.2, -0.15) is 0 Å². The lowest BCUT2D eigenvalue weighted by Crippen LogP contribution is -1.99. The Morgan fingerprint density at radius 2 is 2.13 bits per heavy atom. The van der Waals surface area contributed by atoms with Crippen molar-refractivity contribution in [2.75, 3.05) is 13.7 Å². The topological polar surface area (TPSA) is 55.5 Å². The molecule has 1 aromatic rings. The molecule has 0 bridgehead atoms. The van der Waals surface area contributed by atoms with Crippen LogP contribution in [0.2, 0.25) is 0 Å². The molecular weight excluding hydrogens is 197 g/mol. The van der Waals surface area contributed by atoms with Crippen LogP contribution in [-0.2, 0) is 6.42 Å². The maximum atomic E-state index is 13.1. The lowest BCUT2D eigenvalue weighted by Gasteiger charge is -2.09. The number of rotatable bonds is 5. The number of nitrogens with two attached hydrogens (primary N) is 1. The summed E-state index contributed by atoms with van der Waals surface area (Å²) >= 11 is 0. The van der Waals surface area contributed by atoms with E-state index in [9.17, 15) is 9.50 Å². The highest BCUT2D eigenvalue weighted by Gasteiger charge is 2.12. The zero-order valence-corrected chi connectivity index (χ0v) is 8.79. The summed E-state index contributed by atoms with van der Waals surface area (Å²) in [4.78, 5) is 0. The third-order valence-corrected chi connectivity index (χ3v) is 2.27. The van der Waals surface area contributed by atoms with Gasteiger partial charge in [0.05, 0.1) is 7.11 Å². The van der Waals surface area contributed by atoms with Crippen LogP contribution >= 0.6 is 0 Å². The van der Waals surface area contributed by atoms with Crippen molar-refractivity contribution in [2.24, 2.45) is 5.73 Å². The smallest absolute Gasteiger partial charge is 0.196 e. The second kappa shape index (κ2) is 5.56. The van der Waals surface area contributed by atoms with Crippen molar-refractivity contribution in [3.63, 3.8) is 0 Å². The van der Waals surface area contributed by atoms with Gasteiger partial charge < -0.3 is 15.6 Å². The Labute approximate surface area is 88.7 Å². The highest BCUT2D eigenvalue weighted by Crippen LogP contribution is 2.33. The van der Waals surface area contributed by atoms with E-state index in [4.69, 9.17) is 10.5 Å². The largest absolute Gasteiger partial charge is 0.504 e. The summed E-state index contributed by atoms with van der Waals surface area (Å²) in [5.74, 6) is -0.729. The number of phenolic OH excluding ortho intramolecular Hbond substituents is 1. The minimum atomic E-state index is -0.544. The molecule has 15 heavy (non-hydrogen) atoms. The summed E-state index contributed by atoms with van der Waals surface area (Å²) < 4.78 is 17.9. The first-order valence-electron chi connectivity index (χ1n) is 4.95. The molecular formula is C11H16FNO2. The number of phenols is 1. The summed E-state index contributed by atoms with van der Waals surface area (Å²) in [6.07, 6.45) is 2.44. The molecule has 1 rings (SSSR count). The molecule has 0 aliphatic heterocycles. The van der Waals surface area contributed by atoms with Crippen LogP contribution in [0.5, 0.6) is 11.5 Å². The number of unbranched alkanes of at least 4 members (excludes halogenated alkanes) is 1. The van der Waals surface area contributed by atoms with E-state index in [-0.39, 0.29) is 11.5 Å². The van der Waals surface area contributed by atoms with Gasteiger partial charge in [0.15, 0.2) is 17.3 Å².